The Balaban J connectivity index is 1.99. The monoisotopic (exact) mass is 312 g/mol. The SMILES string of the molecule is CN(C)CCc1sc2ccccc2c1Cc1cccc(O)n1. The second-order valence-electron chi connectivity index (χ2n) is 5.72. The Kier molecular flexibility index (Phi) is 4.41. The molecule has 2 aromatic heterocycles. The molecule has 0 unspecified atom stereocenters. The fourth-order valence-corrected chi connectivity index (χ4v) is 3.83. The number of thiophene rings is 1. The Morgan fingerprint density at radius 2 is 1.91 bits per heavy atom. The van der Waals surface area contributed by atoms with Gasteiger partial charge in [-0.3, -0.25) is 0 Å². The third-order valence-corrected chi connectivity index (χ3v) is 4.99. The van der Waals surface area contributed by atoms with E-state index in [1.807, 2.05) is 23.5 Å². The van der Waals surface area contributed by atoms with E-state index in [4.69, 9.17) is 0 Å². The minimum absolute atomic E-state index is 0.0897. The van der Waals surface area contributed by atoms with Crippen molar-refractivity contribution >= 4 is 21.4 Å². The maximum absolute atomic E-state index is 9.59. The molecule has 3 nitrogen and oxygen atoms in total. The zero-order valence-corrected chi connectivity index (χ0v) is 13.7. The first-order valence-electron chi connectivity index (χ1n) is 7.42. The quantitative estimate of drug-likeness (QED) is 0.780. The van der Waals surface area contributed by atoms with Gasteiger partial charge in [0.2, 0.25) is 5.88 Å². The van der Waals surface area contributed by atoms with Crippen LogP contribution >= 0.6 is 11.3 Å². The van der Waals surface area contributed by atoms with E-state index in [1.54, 1.807) is 6.07 Å². The molecule has 0 spiro atoms. The van der Waals surface area contributed by atoms with Crippen LogP contribution in [0.2, 0.25) is 0 Å². The lowest BCUT2D eigenvalue weighted by Gasteiger charge is -2.10. The normalized spacial score (nSPS) is 11.4. The molecule has 22 heavy (non-hydrogen) atoms. The van der Waals surface area contributed by atoms with Gasteiger partial charge in [0.15, 0.2) is 0 Å². The molecule has 2 heterocycles. The maximum atomic E-state index is 9.59. The van der Waals surface area contributed by atoms with E-state index in [1.165, 1.54) is 20.5 Å². The number of aromatic nitrogens is 1. The van der Waals surface area contributed by atoms with Gasteiger partial charge in [-0.25, -0.2) is 4.98 Å². The van der Waals surface area contributed by atoms with Crippen LogP contribution in [0.15, 0.2) is 42.5 Å². The highest BCUT2D eigenvalue weighted by molar-refractivity contribution is 7.19. The van der Waals surface area contributed by atoms with Crippen LogP contribution in [0, 0.1) is 0 Å². The van der Waals surface area contributed by atoms with Crippen molar-refractivity contribution < 1.29 is 5.11 Å². The fraction of sp³-hybridized carbons (Fsp3) is 0.278. The lowest BCUT2D eigenvalue weighted by atomic mass is 10.0. The number of aromatic hydroxyl groups is 1. The number of pyridine rings is 1. The molecule has 0 radical (unpaired) electrons. The molecule has 0 aliphatic heterocycles. The van der Waals surface area contributed by atoms with Crippen molar-refractivity contribution in [2.75, 3.05) is 20.6 Å². The highest BCUT2D eigenvalue weighted by Gasteiger charge is 2.13. The smallest absolute Gasteiger partial charge is 0.210 e. The molecule has 1 N–H and O–H groups in total. The molecular weight excluding hydrogens is 292 g/mol. The zero-order chi connectivity index (χ0) is 15.5. The predicted molar refractivity (Wildman–Crippen MR) is 92.8 cm³/mol. The van der Waals surface area contributed by atoms with E-state index in [-0.39, 0.29) is 5.88 Å². The van der Waals surface area contributed by atoms with Gasteiger partial charge < -0.3 is 10.0 Å². The Morgan fingerprint density at radius 3 is 2.68 bits per heavy atom. The van der Waals surface area contributed by atoms with Gasteiger partial charge in [-0.1, -0.05) is 24.3 Å². The Hall–Kier alpha value is -1.91. The van der Waals surface area contributed by atoms with Gasteiger partial charge in [0.05, 0.1) is 0 Å². The van der Waals surface area contributed by atoms with Gasteiger partial charge in [0.1, 0.15) is 0 Å². The summed E-state index contributed by atoms with van der Waals surface area (Å²) < 4.78 is 1.33. The molecule has 0 saturated heterocycles. The minimum Gasteiger partial charge on any atom is -0.493 e. The van der Waals surface area contributed by atoms with E-state index in [9.17, 15) is 5.11 Å². The van der Waals surface area contributed by atoms with Crippen molar-refractivity contribution in [3.8, 4) is 5.88 Å². The van der Waals surface area contributed by atoms with Crippen molar-refractivity contribution in [3.05, 3.63) is 58.6 Å². The summed E-state index contributed by atoms with van der Waals surface area (Å²) in [5.41, 5.74) is 2.26. The Bertz CT molecular complexity index is 780. The topological polar surface area (TPSA) is 36.4 Å². The number of benzene rings is 1. The second kappa shape index (κ2) is 6.46. The molecule has 0 aliphatic carbocycles. The van der Waals surface area contributed by atoms with Crippen LogP contribution in [0.4, 0.5) is 0 Å². The summed E-state index contributed by atoms with van der Waals surface area (Å²) in [6.45, 7) is 1.04. The third kappa shape index (κ3) is 3.29. The molecule has 0 atom stereocenters. The van der Waals surface area contributed by atoms with Gasteiger partial charge in [0.25, 0.3) is 0 Å². The lowest BCUT2D eigenvalue weighted by Crippen LogP contribution is -2.15. The Morgan fingerprint density at radius 1 is 1.09 bits per heavy atom. The number of rotatable bonds is 5. The highest BCUT2D eigenvalue weighted by Crippen LogP contribution is 2.33. The van der Waals surface area contributed by atoms with E-state index >= 15 is 0 Å². The predicted octanol–water partition coefficient (Wildman–Crippen LogP) is 3.70. The summed E-state index contributed by atoms with van der Waals surface area (Å²) in [6, 6.07) is 14.0. The summed E-state index contributed by atoms with van der Waals surface area (Å²) in [5, 5.41) is 10.9. The molecule has 0 aliphatic rings. The van der Waals surface area contributed by atoms with Crippen molar-refractivity contribution in [2.24, 2.45) is 0 Å². The summed E-state index contributed by atoms with van der Waals surface area (Å²) in [7, 11) is 4.20. The lowest BCUT2D eigenvalue weighted by molar-refractivity contribution is 0.414. The number of nitrogens with zero attached hydrogens (tertiary/aromatic N) is 2. The number of likely N-dealkylation sites (N-methyl/N-ethyl adjacent to an activating group) is 1. The van der Waals surface area contributed by atoms with E-state index in [0.29, 0.717) is 0 Å². The Labute approximate surface area is 134 Å². The molecule has 3 rings (SSSR count). The van der Waals surface area contributed by atoms with Crippen LogP contribution in [-0.2, 0) is 12.8 Å². The molecular formula is C18H20N2OS. The zero-order valence-electron chi connectivity index (χ0n) is 12.9. The number of hydrogen-bond acceptors (Lipinski definition) is 4. The first-order chi connectivity index (χ1) is 10.6. The fourth-order valence-electron chi connectivity index (χ4n) is 2.62. The number of fused-ring (bicyclic) bond motifs is 1. The first kappa shape index (κ1) is 15.0. The summed E-state index contributed by atoms with van der Waals surface area (Å²) in [6.07, 6.45) is 1.81. The van der Waals surface area contributed by atoms with Crippen molar-refractivity contribution in [1.29, 1.82) is 0 Å². The first-order valence-corrected chi connectivity index (χ1v) is 8.24. The van der Waals surface area contributed by atoms with E-state index in [0.717, 1.165) is 25.1 Å². The standard InChI is InChI=1S/C18H20N2OS/c1-20(2)11-10-17-15(12-13-6-5-9-18(21)19-13)14-7-3-4-8-16(14)22-17/h3-9H,10-12H2,1-2H3,(H,19,21). The highest BCUT2D eigenvalue weighted by atomic mass is 32.1. The number of hydrogen-bond donors (Lipinski definition) is 1. The van der Waals surface area contributed by atoms with Crippen LogP contribution < -0.4 is 0 Å². The van der Waals surface area contributed by atoms with Crippen molar-refractivity contribution in [3.63, 3.8) is 0 Å². The van der Waals surface area contributed by atoms with E-state index < -0.39 is 0 Å². The van der Waals surface area contributed by atoms with Crippen molar-refractivity contribution in [2.45, 2.75) is 12.8 Å². The van der Waals surface area contributed by atoms with Crippen LogP contribution in [0.1, 0.15) is 16.1 Å². The molecule has 0 bridgehead atoms. The molecule has 0 saturated carbocycles. The van der Waals surface area contributed by atoms with Gasteiger partial charge in [-0.15, -0.1) is 11.3 Å². The van der Waals surface area contributed by atoms with Gasteiger partial charge in [-0.2, -0.15) is 0 Å². The second-order valence-corrected chi connectivity index (χ2v) is 6.85. The molecule has 114 valence electrons. The molecule has 0 fully saturated rings. The maximum Gasteiger partial charge on any atom is 0.210 e. The van der Waals surface area contributed by atoms with Crippen LogP contribution in [-0.4, -0.2) is 35.6 Å². The summed E-state index contributed by atoms with van der Waals surface area (Å²) in [5.74, 6) is 0.0897. The van der Waals surface area contributed by atoms with E-state index in [2.05, 4.69) is 48.2 Å². The molecule has 4 heteroatoms. The molecule has 3 aromatic rings. The molecule has 1 aromatic carbocycles. The van der Waals surface area contributed by atoms with Gasteiger partial charge in [-0.05, 0) is 43.6 Å². The van der Waals surface area contributed by atoms with Crippen LogP contribution in [0.5, 0.6) is 5.88 Å². The van der Waals surface area contributed by atoms with Crippen LogP contribution in [0.3, 0.4) is 0 Å². The largest absolute Gasteiger partial charge is 0.493 e. The third-order valence-electron chi connectivity index (χ3n) is 3.72. The van der Waals surface area contributed by atoms with Crippen LogP contribution in [0.25, 0.3) is 10.1 Å². The molecule has 0 amide bonds. The van der Waals surface area contributed by atoms with Gasteiger partial charge >= 0.3 is 0 Å². The average molecular weight is 312 g/mol. The summed E-state index contributed by atoms with van der Waals surface area (Å²) in [4.78, 5) is 7.87. The van der Waals surface area contributed by atoms with Gasteiger partial charge in [0, 0.05) is 34.3 Å². The average Bonchev–Trinajstić information content (AvgIpc) is 2.83. The summed E-state index contributed by atoms with van der Waals surface area (Å²) >= 11 is 1.87. The minimum atomic E-state index is 0.0897. The van der Waals surface area contributed by atoms with Crippen molar-refractivity contribution in [1.82, 2.24) is 9.88 Å².